The Morgan fingerprint density at radius 2 is 1.95 bits per heavy atom. The van der Waals surface area contributed by atoms with Crippen LogP contribution in [0.5, 0.6) is 0 Å². The molecule has 1 atom stereocenters. The third kappa shape index (κ3) is 4.22. The van der Waals surface area contributed by atoms with Crippen LogP contribution < -0.4 is 5.32 Å². The Labute approximate surface area is 120 Å². The zero-order valence-corrected chi connectivity index (χ0v) is 12.5. The minimum atomic E-state index is -0.618. The number of halogens is 1. The van der Waals surface area contributed by atoms with Crippen LogP contribution in [-0.4, -0.2) is 23.7 Å². The molecule has 0 saturated carbocycles. The lowest BCUT2D eigenvalue weighted by atomic mass is 9.83. The molecule has 0 saturated heterocycles. The van der Waals surface area contributed by atoms with Crippen LogP contribution in [0.2, 0.25) is 5.02 Å². The van der Waals surface area contributed by atoms with Crippen LogP contribution >= 0.6 is 11.6 Å². The summed E-state index contributed by atoms with van der Waals surface area (Å²) < 4.78 is 0. The number of aliphatic hydroxyl groups excluding tert-OH is 1. The lowest BCUT2D eigenvalue weighted by molar-refractivity contribution is -0.126. The van der Waals surface area contributed by atoms with Crippen molar-refractivity contribution in [1.82, 2.24) is 5.32 Å². The van der Waals surface area contributed by atoms with E-state index in [0.29, 0.717) is 11.4 Å². The summed E-state index contributed by atoms with van der Waals surface area (Å²) in [5, 5.41) is 12.6. The predicted molar refractivity (Wildman–Crippen MR) is 78.4 cm³/mol. The molecule has 1 unspecified atom stereocenters. The molecule has 0 aliphatic heterocycles. The third-order valence-corrected chi connectivity index (χ3v) is 3.69. The van der Waals surface area contributed by atoms with Gasteiger partial charge in [-0.2, -0.15) is 0 Å². The van der Waals surface area contributed by atoms with Gasteiger partial charge in [-0.1, -0.05) is 30.7 Å². The monoisotopic (exact) mass is 283 g/mol. The van der Waals surface area contributed by atoms with E-state index in [2.05, 4.69) is 5.32 Å². The first-order chi connectivity index (χ1) is 8.91. The Balaban J connectivity index is 2.81. The summed E-state index contributed by atoms with van der Waals surface area (Å²) in [5.74, 6) is -0.0323. The SMILES string of the molecule is CCC(CCO)NC(=O)C(C)(C)c1ccc(Cl)cc1. The van der Waals surface area contributed by atoms with Gasteiger partial charge in [-0.25, -0.2) is 0 Å². The second-order valence-corrected chi connectivity index (χ2v) is 5.66. The molecule has 19 heavy (non-hydrogen) atoms. The van der Waals surface area contributed by atoms with Crippen LogP contribution in [0.4, 0.5) is 0 Å². The van der Waals surface area contributed by atoms with Crippen molar-refractivity contribution < 1.29 is 9.90 Å². The van der Waals surface area contributed by atoms with Gasteiger partial charge >= 0.3 is 0 Å². The summed E-state index contributed by atoms with van der Waals surface area (Å²) in [4.78, 5) is 12.4. The Morgan fingerprint density at radius 3 is 2.42 bits per heavy atom. The number of carbonyl (C=O) groups excluding carboxylic acids is 1. The van der Waals surface area contributed by atoms with Crippen LogP contribution in [0, 0.1) is 0 Å². The van der Waals surface area contributed by atoms with Gasteiger partial charge in [0, 0.05) is 17.7 Å². The van der Waals surface area contributed by atoms with Crippen LogP contribution in [0.3, 0.4) is 0 Å². The summed E-state index contributed by atoms with van der Waals surface area (Å²) >= 11 is 5.86. The number of nitrogens with one attached hydrogen (secondary N) is 1. The molecule has 106 valence electrons. The topological polar surface area (TPSA) is 49.3 Å². The number of amides is 1. The molecule has 1 rings (SSSR count). The van der Waals surface area contributed by atoms with E-state index in [0.717, 1.165) is 12.0 Å². The maximum atomic E-state index is 12.4. The third-order valence-electron chi connectivity index (χ3n) is 3.44. The van der Waals surface area contributed by atoms with Crippen molar-refractivity contribution in [3.05, 3.63) is 34.9 Å². The number of aliphatic hydroxyl groups is 1. The van der Waals surface area contributed by atoms with Gasteiger partial charge in [0.1, 0.15) is 0 Å². The first-order valence-electron chi connectivity index (χ1n) is 6.59. The van der Waals surface area contributed by atoms with E-state index in [1.807, 2.05) is 32.9 Å². The zero-order chi connectivity index (χ0) is 14.5. The second kappa shape index (κ2) is 6.92. The average molecular weight is 284 g/mol. The molecule has 3 nitrogen and oxygen atoms in total. The van der Waals surface area contributed by atoms with Crippen LogP contribution in [0.25, 0.3) is 0 Å². The highest BCUT2D eigenvalue weighted by atomic mass is 35.5. The summed E-state index contributed by atoms with van der Waals surface area (Å²) in [6.45, 7) is 5.85. The van der Waals surface area contributed by atoms with Crippen LogP contribution in [0.15, 0.2) is 24.3 Å². The molecule has 0 aliphatic rings. The predicted octanol–water partition coefficient (Wildman–Crippen LogP) is 2.89. The molecule has 0 aromatic heterocycles. The zero-order valence-electron chi connectivity index (χ0n) is 11.7. The number of hydrogen-bond acceptors (Lipinski definition) is 2. The summed E-state index contributed by atoms with van der Waals surface area (Å²) in [7, 11) is 0. The minimum Gasteiger partial charge on any atom is -0.396 e. The van der Waals surface area contributed by atoms with Crippen molar-refractivity contribution in [2.24, 2.45) is 0 Å². The summed E-state index contributed by atoms with van der Waals surface area (Å²) in [6, 6.07) is 7.33. The Morgan fingerprint density at radius 1 is 1.37 bits per heavy atom. The molecular formula is C15H22ClNO2. The molecular weight excluding hydrogens is 262 g/mol. The van der Waals surface area contributed by atoms with Gasteiger partial charge in [-0.15, -0.1) is 0 Å². The number of rotatable bonds is 6. The van der Waals surface area contributed by atoms with Crippen molar-refractivity contribution >= 4 is 17.5 Å². The molecule has 4 heteroatoms. The maximum Gasteiger partial charge on any atom is 0.230 e. The van der Waals surface area contributed by atoms with Gasteiger partial charge in [-0.3, -0.25) is 4.79 Å². The molecule has 0 fully saturated rings. The molecule has 0 spiro atoms. The fraction of sp³-hybridized carbons (Fsp3) is 0.533. The van der Waals surface area contributed by atoms with Gasteiger partial charge in [0.2, 0.25) is 5.91 Å². The number of carbonyl (C=O) groups is 1. The van der Waals surface area contributed by atoms with Crippen molar-refractivity contribution in [2.75, 3.05) is 6.61 Å². The quantitative estimate of drug-likeness (QED) is 0.843. The molecule has 0 heterocycles. The second-order valence-electron chi connectivity index (χ2n) is 5.22. The smallest absolute Gasteiger partial charge is 0.230 e. The summed E-state index contributed by atoms with van der Waals surface area (Å²) in [6.07, 6.45) is 1.39. The van der Waals surface area contributed by atoms with Gasteiger partial charge in [0.15, 0.2) is 0 Å². The van der Waals surface area contributed by atoms with Crippen molar-refractivity contribution in [2.45, 2.75) is 45.1 Å². The van der Waals surface area contributed by atoms with Crippen molar-refractivity contribution in [3.63, 3.8) is 0 Å². The molecule has 1 aromatic rings. The van der Waals surface area contributed by atoms with Crippen LogP contribution in [0.1, 0.15) is 39.2 Å². The first kappa shape index (κ1) is 16.0. The van der Waals surface area contributed by atoms with E-state index >= 15 is 0 Å². The van der Waals surface area contributed by atoms with E-state index < -0.39 is 5.41 Å². The molecule has 0 bridgehead atoms. The van der Waals surface area contributed by atoms with Gasteiger partial charge in [0.05, 0.1) is 5.41 Å². The normalized spacial score (nSPS) is 13.1. The van der Waals surface area contributed by atoms with Crippen molar-refractivity contribution in [3.8, 4) is 0 Å². The Bertz CT molecular complexity index is 415. The fourth-order valence-electron chi connectivity index (χ4n) is 1.90. The van der Waals surface area contributed by atoms with E-state index in [1.165, 1.54) is 0 Å². The molecule has 0 aliphatic carbocycles. The van der Waals surface area contributed by atoms with E-state index in [1.54, 1.807) is 12.1 Å². The summed E-state index contributed by atoms with van der Waals surface area (Å²) in [5.41, 5.74) is 0.307. The first-order valence-corrected chi connectivity index (χ1v) is 6.97. The highest BCUT2D eigenvalue weighted by molar-refractivity contribution is 6.30. The number of hydrogen-bond donors (Lipinski definition) is 2. The van der Waals surface area contributed by atoms with Gasteiger partial charge < -0.3 is 10.4 Å². The minimum absolute atomic E-state index is 0.0177. The highest BCUT2D eigenvalue weighted by Gasteiger charge is 2.30. The largest absolute Gasteiger partial charge is 0.396 e. The molecule has 2 N–H and O–H groups in total. The molecule has 1 aromatic carbocycles. The lowest BCUT2D eigenvalue weighted by Crippen LogP contribution is -2.45. The van der Waals surface area contributed by atoms with E-state index in [9.17, 15) is 4.79 Å². The Kier molecular flexibility index (Phi) is 5.83. The van der Waals surface area contributed by atoms with Crippen LogP contribution in [-0.2, 0) is 10.2 Å². The van der Waals surface area contributed by atoms with E-state index in [-0.39, 0.29) is 18.6 Å². The maximum absolute atomic E-state index is 12.4. The molecule has 1 amide bonds. The standard InChI is InChI=1S/C15H22ClNO2/c1-4-13(9-10-18)17-14(19)15(2,3)11-5-7-12(16)8-6-11/h5-8,13,18H,4,9-10H2,1-3H3,(H,17,19). The average Bonchev–Trinajstić information content (AvgIpc) is 2.38. The number of benzene rings is 1. The Hall–Kier alpha value is -1.06. The fourth-order valence-corrected chi connectivity index (χ4v) is 2.02. The van der Waals surface area contributed by atoms with Gasteiger partial charge in [-0.05, 0) is 44.4 Å². The van der Waals surface area contributed by atoms with Crippen molar-refractivity contribution in [1.29, 1.82) is 0 Å². The van der Waals surface area contributed by atoms with Gasteiger partial charge in [0.25, 0.3) is 0 Å². The highest BCUT2D eigenvalue weighted by Crippen LogP contribution is 2.25. The molecule has 0 radical (unpaired) electrons. The lowest BCUT2D eigenvalue weighted by Gasteiger charge is -2.27. The van der Waals surface area contributed by atoms with E-state index in [4.69, 9.17) is 16.7 Å².